The average molecular weight is 168 g/mol. The lowest BCUT2D eigenvalue weighted by atomic mass is 10.2. The fraction of sp³-hybridized carbons (Fsp3) is 0.500. The summed E-state index contributed by atoms with van der Waals surface area (Å²) in [6.07, 6.45) is 4.14. The van der Waals surface area contributed by atoms with Gasteiger partial charge >= 0.3 is 6.09 Å². The molecule has 4 nitrogen and oxygen atoms in total. The number of imidazole rings is 1. The van der Waals surface area contributed by atoms with Crippen LogP contribution in [0.5, 0.6) is 0 Å². The van der Waals surface area contributed by atoms with Crippen LogP contribution in [0.2, 0.25) is 0 Å². The second kappa shape index (κ2) is 3.90. The third-order valence-electron chi connectivity index (χ3n) is 1.26. The smallest absolute Gasteiger partial charge is 0.419 e. The van der Waals surface area contributed by atoms with Crippen LogP contribution in [0.1, 0.15) is 13.8 Å². The molecule has 0 saturated heterocycles. The molecule has 1 aromatic rings. The molecule has 12 heavy (non-hydrogen) atoms. The molecule has 0 aliphatic heterocycles. The van der Waals surface area contributed by atoms with Gasteiger partial charge in [-0.25, -0.2) is 14.3 Å². The highest BCUT2D eigenvalue weighted by molar-refractivity contribution is 5.69. The highest BCUT2D eigenvalue weighted by Gasteiger charge is 2.04. The Kier molecular flexibility index (Phi) is 2.85. The summed E-state index contributed by atoms with van der Waals surface area (Å²) < 4.78 is 6.24. The van der Waals surface area contributed by atoms with Crippen molar-refractivity contribution in [3.05, 3.63) is 18.7 Å². The Balaban J connectivity index is 2.40. The van der Waals surface area contributed by atoms with Crippen molar-refractivity contribution in [2.45, 2.75) is 13.8 Å². The molecule has 1 aromatic heterocycles. The second-order valence-corrected chi connectivity index (χ2v) is 2.94. The fourth-order valence-corrected chi connectivity index (χ4v) is 0.680. The van der Waals surface area contributed by atoms with Gasteiger partial charge in [0.1, 0.15) is 6.33 Å². The van der Waals surface area contributed by atoms with Crippen molar-refractivity contribution < 1.29 is 9.53 Å². The van der Waals surface area contributed by atoms with Gasteiger partial charge in [0, 0.05) is 12.4 Å². The third kappa shape index (κ3) is 2.38. The number of rotatable bonds is 2. The monoisotopic (exact) mass is 168 g/mol. The highest BCUT2D eigenvalue weighted by atomic mass is 16.5. The van der Waals surface area contributed by atoms with E-state index in [-0.39, 0.29) is 6.09 Å². The van der Waals surface area contributed by atoms with Crippen molar-refractivity contribution in [1.82, 2.24) is 9.55 Å². The van der Waals surface area contributed by atoms with Gasteiger partial charge in [-0.15, -0.1) is 0 Å². The Bertz CT molecular complexity index is 242. The van der Waals surface area contributed by atoms with Crippen molar-refractivity contribution in [2.24, 2.45) is 5.92 Å². The molecule has 0 aromatic carbocycles. The van der Waals surface area contributed by atoms with E-state index >= 15 is 0 Å². The van der Waals surface area contributed by atoms with Gasteiger partial charge in [-0.3, -0.25) is 0 Å². The van der Waals surface area contributed by atoms with Gasteiger partial charge in [-0.1, -0.05) is 13.8 Å². The van der Waals surface area contributed by atoms with Gasteiger partial charge in [0.25, 0.3) is 0 Å². The molecule has 0 aliphatic carbocycles. The number of carbonyl (C=O) groups is 1. The molecular formula is C8H12N2O2. The number of ether oxygens (including phenoxy) is 1. The molecule has 0 amide bonds. The van der Waals surface area contributed by atoms with Crippen molar-refractivity contribution in [2.75, 3.05) is 6.61 Å². The van der Waals surface area contributed by atoms with E-state index in [0.717, 1.165) is 0 Å². The topological polar surface area (TPSA) is 44.1 Å². The standard InChI is InChI=1S/C8H12N2O2/c1-7(2)5-12-8(11)10-4-3-9-6-10/h3-4,6-7H,5H2,1-2H3. The minimum atomic E-state index is -0.374. The van der Waals surface area contributed by atoms with E-state index in [0.29, 0.717) is 12.5 Å². The summed E-state index contributed by atoms with van der Waals surface area (Å²) in [5, 5.41) is 0. The van der Waals surface area contributed by atoms with Crippen LogP contribution >= 0.6 is 0 Å². The molecular weight excluding hydrogens is 156 g/mol. The van der Waals surface area contributed by atoms with Gasteiger partial charge in [-0.05, 0) is 5.92 Å². The Labute approximate surface area is 71.2 Å². The predicted octanol–water partition coefficient (Wildman–Crippen LogP) is 1.52. The molecule has 0 radical (unpaired) electrons. The fourth-order valence-electron chi connectivity index (χ4n) is 0.680. The second-order valence-electron chi connectivity index (χ2n) is 2.94. The van der Waals surface area contributed by atoms with Crippen LogP contribution in [-0.2, 0) is 4.74 Å². The first-order chi connectivity index (χ1) is 5.70. The Morgan fingerprint density at radius 1 is 1.67 bits per heavy atom. The van der Waals surface area contributed by atoms with Crippen LogP contribution in [0.3, 0.4) is 0 Å². The summed E-state index contributed by atoms with van der Waals surface area (Å²) in [5.74, 6) is 0.359. The van der Waals surface area contributed by atoms with Gasteiger partial charge < -0.3 is 4.74 Å². The molecule has 4 heteroatoms. The summed E-state index contributed by atoms with van der Waals surface area (Å²) in [6.45, 7) is 4.42. The van der Waals surface area contributed by atoms with Crippen LogP contribution in [0, 0.1) is 5.92 Å². The van der Waals surface area contributed by atoms with Crippen LogP contribution in [0.4, 0.5) is 4.79 Å². The molecule has 0 spiro atoms. The van der Waals surface area contributed by atoms with E-state index in [1.165, 1.54) is 17.1 Å². The minimum absolute atomic E-state index is 0.359. The zero-order valence-corrected chi connectivity index (χ0v) is 7.23. The van der Waals surface area contributed by atoms with Gasteiger partial charge in [0.15, 0.2) is 0 Å². The van der Waals surface area contributed by atoms with E-state index < -0.39 is 0 Å². The average Bonchev–Trinajstić information content (AvgIpc) is 2.51. The summed E-state index contributed by atoms with van der Waals surface area (Å²) in [5.41, 5.74) is 0. The molecule has 0 bridgehead atoms. The lowest BCUT2D eigenvalue weighted by Crippen LogP contribution is -2.14. The molecule has 66 valence electrons. The Morgan fingerprint density at radius 3 is 2.92 bits per heavy atom. The SMILES string of the molecule is CC(C)COC(=O)n1ccnc1. The summed E-state index contributed by atoms with van der Waals surface area (Å²) in [4.78, 5) is 14.8. The maximum atomic E-state index is 11.1. The summed E-state index contributed by atoms with van der Waals surface area (Å²) in [6, 6.07) is 0. The van der Waals surface area contributed by atoms with Gasteiger partial charge in [0.05, 0.1) is 6.61 Å². The van der Waals surface area contributed by atoms with Gasteiger partial charge in [-0.2, -0.15) is 0 Å². The number of hydrogen-bond acceptors (Lipinski definition) is 3. The summed E-state index contributed by atoms with van der Waals surface area (Å²) >= 11 is 0. The van der Waals surface area contributed by atoms with Crippen molar-refractivity contribution in [3.63, 3.8) is 0 Å². The maximum absolute atomic E-state index is 11.1. The lowest BCUT2D eigenvalue weighted by molar-refractivity contribution is 0.134. The zero-order chi connectivity index (χ0) is 8.97. The number of carbonyl (C=O) groups excluding carboxylic acids is 1. The van der Waals surface area contributed by atoms with E-state index in [9.17, 15) is 4.79 Å². The predicted molar refractivity (Wildman–Crippen MR) is 43.8 cm³/mol. The molecule has 0 N–H and O–H groups in total. The molecule has 1 rings (SSSR count). The minimum Gasteiger partial charge on any atom is -0.449 e. The Morgan fingerprint density at radius 2 is 2.42 bits per heavy atom. The first-order valence-corrected chi connectivity index (χ1v) is 3.85. The number of hydrogen-bond donors (Lipinski definition) is 0. The van der Waals surface area contributed by atoms with E-state index in [1.54, 1.807) is 6.20 Å². The quantitative estimate of drug-likeness (QED) is 0.672. The van der Waals surface area contributed by atoms with Crippen LogP contribution in [0.25, 0.3) is 0 Å². The van der Waals surface area contributed by atoms with Crippen molar-refractivity contribution in [3.8, 4) is 0 Å². The molecule has 0 atom stereocenters. The lowest BCUT2D eigenvalue weighted by Gasteiger charge is -2.06. The van der Waals surface area contributed by atoms with Crippen molar-refractivity contribution >= 4 is 6.09 Å². The molecule has 1 heterocycles. The largest absolute Gasteiger partial charge is 0.449 e. The Hall–Kier alpha value is -1.32. The molecule has 0 fully saturated rings. The van der Waals surface area contributed by atoms with Crippen LogP contribution in [0.15, 0.2) is 18.7 Å². The summed E-state index contributed by atoms with van der Waals surface area (Å²) in [7, 11) is 0. The number of aromatic nitrogens is 2. The first-order valence-electron chi connectivity index (χ1n) is 3.85. The van der Waals surface area contributed by atoms with Gasteiger partial charge in [0.2, 0.25) is 0 Å². The normalized spacial score (nSPS) is 10.2. The molecule has 0 aliphatic rings. The highest BCUT2D eigenvalue weighted by Crippen LogP contribution is 1.95. The molecule has 0 saturated carbocycles. The first kappa shape index (κ1) is 8.77. The van der Waals surface area contributed by atoms with Crippen molar-refractivity contribution in [1.29, 1.82) is 0 Å². The zero-order valence-electron chi connectivity index (χ0n) is 7.23. The van der Waals surface area contributed by atoms with E-state index in [4.69, 9.17) is 4.74 Å². The van der Waals surface area contributed by atoms with E-state index in [2.05, 4.69) is 4.98 Å². The number of nitrogens with zero attached hydrogens (tertiary/aromatic N) is 2. The van der Waals surface area contributed by atoms with E-state index in [1.807, 2.05) is 13.8 Å². The van der Waals surface area contributed by atoms with Crippen LogP contribution < -0.4 is 0 Å². The molecule has 0 unspecified atom stereocenters. The maximum Gasteiger partial charge on any atom is 0.419 e. The third-order valence-corrected chi connectivity index (χ3v) is 1.26. The van der Waals surface area contributed by atoms with Crippen LogP contribution in [-0.4, -0.2) is 22.3 Å².